The topological polar surface area (TPSA) is 125 Å². The van der Waals surface area contributed by atoms with Crippen LogP contribution >= 0.6 is 11.3 Å². The van der Waals surface area contributed by atoms with Gasteiger partial charge in [0.1, 0.15) is 12.8 Å². The van der Waals surface area contributed by atoms with Gasteiger partial charge in [-0.15, -0.1) is 11.3 Å². The number of amidine groups is 1. The van der Waals surface area contributed by atoms with Crippen molar-refractivity contribution >= 4 is 51.7 Å². The van der Waals surface area contributed by atoms with Crippen LogP contribution in [-0.4, -0.2) is 46.4 Å². The second-order valence-electron chi connectivity index (χ2n) is 7.17. The summed E-state index contributed by atoms with van der Waals surface area (Å²) in [5, 5.41) is 9.74. The molecule has 0 saturated heterocycles. The van der Waals surface area contributed by atoms with E-state index in [0.717, 1.165) is 5.01 Å². The SMILES string of the molecule is CON=C(C(=O)NN1C(=O)C(=Cc2ccccn2)N=C1c1ccccc1)c1csc(NC(C)=O)c1. The maximum atomic E-state index is 13.3. The summed E-state index contributed by atoms with van der Waals surface area (Å²) in [4.78, 5) is 51.4. The zero-order chi connectivity index (χ0) is 24.8. The highest BCUT2D eigenvalue weighted by atomic mass is 32.1. The highest BCUT2D eigenvalue weighted by Gasteiger charge is 2.34. The number of carbonyl (C=O) groups is 3. The second kappa shape index (κ2) is 10.5. The first-order valence-corrected chi connectivity index (χ1v) is 11.2. The second-order valence-corrected chi connectivity index (χ2v) is 8.08. The molecular formula is C24H20N6O4S. The van der Waals surface area contributed by atoms with Crippen molar-refractivity contribution in [3.63, 3.8) is 0 Å². The number of rotatable bonds is 7. The van der Waals surface area contributed by atoms with Crippen molar-refractivity contribution < 1.29 is 19.2 Å². The molecule has 0 spiro atoms. The minimum Gasteiger partial charge on any atom is -0.398 e. The van der Waals surface area contributed by atoms with Crippen LogP contribution in [0.3, 0.4) is 0 Å². The Labute approximate surface area is 204 Å². The summed E-state index contributed by atoms with van der Waals surface area (Å²) >= 11 is 1.22. The summed E-state index contributed by atoms with van der Waals surface area (Å²) in [6.07, 6.45) is 3.15. The molecule has 2 aromatic heterocycles. The van der Waals surface area contributed by atoms with Crippen LogP contribution in [-0.2, 0) is 19.2 Å². The molecular weight excluding hydrogens is 468 g/mol. The largest absolute Gasteiger partial charge is 0.398 e. The molecule has 0 fully saturated rings. The molecule has 0 aliphatic carbocycles. The Morgan fingerprint density at radius 3 is 2.60 bits per heavy atom. The molecule has 35 heavy (non-hydrogen) atoms. The zero-order valence-corrected chi connectivity index (χ0v) is 19.6. The van der Waals surface area contributed by atoms with E-state index in [1.807, 2.05) is 6.07 Å². The fourth-order valence-corrected chi connectivity index (χ4v) is 4.00. The standard InChI is InChI=1S/C24H20N6O4S/c1-15(31)26-20-12-17(14-35-20)21(29-34-2)23(32)28-30-22(16-8-4-3-5-9-16)27-19(24(30)33)13-18-10-6-7-11-25-18/h3-14H,1-2H3,(H,26,31)(H,28,32). The van der Waals surface area contributed by atoms with E-state index in [9.17, 15) is 14.4 Å². The van der Waals surface area contributed by atoms with E-state index >= 15 is 0 Å². The van der Waals surface area contributed by atoms with Crippen molar-refractivity contribution in [3.05, 3.63) is 88.7 Å². The lowest BCUT2D eigenvalue weighted by molar-refractivity contribution is -0.130. The smallest absolute Gasteiger partial charge is 0.297 e. The Balaban J connectivity index is 1.65. The molecule has 1 aromatic carbocycles. The molecule has 10 nitrogen and oxygen atoms in total. The van der Waals surface area contributed by atoms with Crippen LogP contribution < -0.4 is 10.7 Å². The van der Waals surface area contributed by atoms with E-state index in [1.54, 1.807) is 66.2 Å². The number of carbonyl (C=O) groups excluding carboxylic acids is 3. The number of nitrogens with zero attached hydrogens (tertiary/aromatic N) is 4. The number of anilines is 1. The van der Waals surface area contributed by atoms with Gasteiger partial charge < -0.3 is 10.2 Å². The number of thiophene rings is 1. The summed E-state index contributed by atoms with van der Waals surface area (Å²) in [6.45, 7) is 1.38. The summed E-state index contributed by atoms with van der Waals surface area (Å²) in [7, 11) is 1.31. The molecule has 3 aromatic rings. The minimum absolute atomic E-state index is 0.0808. The minimum atomic E-state index is -0.699. The molecule has 0 radical (unpaired) electrons. The lowest BCUT2D eigenvalue weighted by atomic mass is 10.2. The van der Waals surface area contributed by atoms with Gasteiger partial charge >= 0.3 is 0 Å². The molecule has 11 heteroatoms. The fraction of sp³-hybridized carbons (Fsp3) is 0.0833. The van der Waals surface area contributed by atoms with Gasteiger partial charge in [0.15, 0.2) is 11.5 Å². The molecule has 3 amide bonds. The summed E-state index contributed by atoms with van der Waals surface area (Å²) < 4.78 is 0. The van der Waals surface area contributed by atoms with Gasteiger partial charge in [0.25, 0.3) is 11.8 Å². The summed E-state index contributed by atoms with van der Waals surface area (Å²) in [6, 6.07) is 15.9. The monoisotopic (exact) mass is 488 g/mol. The number of benzene rings is 1. The van der Waals surface area contributed by atoms with E-state index in [1.165, 1.54) is 25.4 Å². The number of oxime groups is 1. The first kappa shape index (κ1) is 23.5. The highest BCUT2D eigenvalue weighted by Crippen LogP contribution is 2.23. The Morgan fingerprint density at radius 2 is 1.91 bits per heavy atom. The number of hydrogen-bond acceptors (Lipinski definition) is 8. The third-order valence-corrected chi connectivity index (χ3v) is 5.49. The number of hydrogen-bond donors (Lipinski definition) is 2. The van der Waals surface area contributed by atoms with Crippen LogP contribution in [0.4, 0.5) is 5.00 Å². The van der Waals surface area contributed by atoms with Gasteiger partial charge in [0.05, 0.1) is 10.7 Å². The highest BCUT2D eigenvalue weighted by molar-refractivity contribution is 7.14. The summed E-state index contributed by atoms with van der Waals surface area (Å²) in [5.74, 6) is -1.24. The normalized spacial score (nSPS) is 14.6. The molecule has 0 bridgehead atoms. The molecule has 176 valence electrons. The van der Waals surface area contributed by atoms with E-state index in [2.05, 4.69) is 25.9 Å². The lowest BCUT2D eigenvalue weighted by Crippen LogP contribution is -2.49. The van der Waals surface area contributed by atoms with Crippen molar-refractivity contribution in [2.24, 2.45) is 10.1 Å². The number of amides is 3. The quantitative estimate of drug-likeness (QED) is 0.301. The number of nitrogens with one attached hydrogen (secondary N) is 2. The zero-order valence-electron chi connectivity index (χ0n) is 18.8. The van der Waals surface area contributed by atoms with Gasteiger partial charge in [-0.3, -0.25) is 24.8 Å². The average Bonchev–Trinajstić information content (AvgIpc) is 3.43. The molecule has 1 aliphatic heterocycles. The molecule has 0 unspecified atom stereocenters. The van der Waals surface area contributed by atoms with E-state index in [0.29, 0.717) is 21.8 Å². The van der Waals surface area contributed by atoms with Crippen LogP contribution in [0.25, 0.3) is 6.08 Å². The third kappa shape index (κ3) is 5.47. The third-order valence-electron chi connectivity index (χ3n) is 4.65. The predicted molar refractivity (Wildman–Crippen MR) is 132 cm³/mol. The van der Waals surface area contributed by atoms with Crippen LogP contribution in [0, 0.1) is 0 Å². The van der Waals surface area contributed by atoms with Crippen LogP contribution in [0.15, 0.2) is 82.0 Å². The van der Waals surface area contributed by atoms with Crippen molar-refractivity contribution in [2.45, 2.75) is 6.92 Å². The molecule has 2 N–H and O–H groups in total. The maximum Gasteiger partial charge on any atom is 0.297 e. The number of aliphatic imine (C=N–C) groups is 1. The number of aromatic nitrogens is 1. The molecule has 0 atom stereocenters. The molecule has 3 heterocycles. The predicted octanol–water partition coefficient (Wildman–Crippen LogP) is 2.81. The summed E-state index contributed by atoms with van der Waals surface area (Å²) in [5.41, 5.74) is 4.19. The van der Waals surface area contributed by atoms with Crippen molar-refractivity contribution in [3.8, 4) is 0 Å². The molecule has 1 aliphatic rings. The van der Waals surface area contributed by atoms with Crippen LogP contribution in [0.1, 0.15) is 23.7 Å². The number of hydrazine groups is 1. The lowest BCUT2D eigenvalue weighted by Gasteiger charge is -2.19. The number of pyridine rings is 1. The Kier molecular flexibility index (Phi) is 7.07. The Bertz CT molecular complexity index is 1350. The van der Waals surface area contributed by atoms with Gasteiger partial charge in [-0.1, -0.05) is 41.6 Å². The van der Waals surface area contributed by atoms with Gasteiger partial charge in [-0.25, -0.2) is 4.99 Å². The van der Waals surface area contributed by atoms with E-state index in [-0.39, 0.29) is 23.2 Å². The van der Waals surface area contributed by atoms with E-state index < -0.39 is 11.8 Å². The van der Waals surface area contributed by atoms with Crippen molar-refractivity contribution in [2.75, 3.05) is 12.4 Å². The van der Waals surface area contributed by atoms with Crippen LogP contribution in [0.5, 0.6) is 0 Å². The maximum absolute atomic E-state index is 13.3. The van der Waals surface area contributed by atoms with Gasteiger partial charge in [-0.2, -0.15) is 5.01 Å². The first-order chi connectivity index (χ1) is 17.0. The average molecular weight is 489 g/mol. The Hall–Kier alpha value is -4.64. The molecule has 4 rings (SSSR count). The Morgan fingerprint density at radius 1 is 1.14 bits per heavy atom. The molecule has 0 saturated carbocycles. The first-order valence-electron chi connectivity index (χ1n) is 10.4. The van der Waals surface area contributed by atoms with Gasteiger partial charge in [0.2, 0.25) is 5.91 Å². The van der Waals surface area contributed by atoms with Crippen LogP contribution in [0.2, 0.25) is 0 Å². The van der Waals surface area contributed by atoms with E-state index in [4.69, 9.17) is 4.84 Å². The fourth-order valence-electron chi connectivity index (χ4n) is 3.17. The van der Waals surface area contributed by atoms with Gasteiger partial charge in [0, 0.05) is 29.6 Å². The van der Waals surface area contributed by atoms with Crippen molar-refractivity contribution in [1.29, 1.82) is 0 Å². The van der Waals surface area contributed by atoms with Crippen molar-refractivity contribution in [1.82, 2.24) is 15.4 Å². The van der Waals surface area contributed by atoms with Gasteiger partial charge in [-0.05, 0) is 24.3 Å².